The third kappa shape index (κ3) is 11.2. The third-order valence-electron chi connectivity index (χ3n) is 26.1. The number of nitrogens with zero attached hydrogens (tertiary/aromatic N) is 13. The second-order valence-electron chi connectivity index (χ2n) is 33.2. The van der Waals surface area contributed by atoms with Gasteiger partial charge in [-0.3, -0.25) is 15.0 Å². The number of rotatable bonds is 5. The molecule has 31 aromatic rings. The second-order valence-corrected chi connectivity index (χ2v) is 37.2. The first-order chi connectivity index (χ1) is 65.5. The zero-order valence-corrected chi connectivity index (χ0v) is 73.1. The van der Waals surface area contributed by atoms with Crippen LogP contribution in [0.25, 0.3) is 263 Å². The number of para-hydroxylation sites is 12. The van der Waals surface area contributed by atoms with Gasteiger partial charge in [-0.05, 0) is 145 Å². The van der Waals surface area contributed by atoms with E-state index < -0.39 is 0 Å². The van der Waals surface area contributed by atoms with Crippen LogP contribution in [0.1, 0.15) is 0 Å². The summed E-state index contributed by atoms with van der Waals surface area (Å²) in [7, 11) is 0. The van der Waals surface area contributed by atoms with E-state index in [9.17, 15) is 0 Å². The molecule has 0 radical (unpaired) electrons. The lowest BCUT2D eigenvalue weighted by Gasteiger charge is -2.17. The lowest BCUT2D eigenvalue weighted by Crippen LogP contribution is -2.03. The summed E-state index contributed by atoms with van der Waals surface area (Å²) in [6.07, 6.45) is 10.6. The Kier molecular flexibility index (Phi) is 16.6. The maximum atomic E-state index is 6.41. The van der Waals surface area contributed by atoms with E-state index in [0.29, 0.717) is 0 Å². The maximum Gasteiger partial charge on any atom is 0.145 e. The molecule has 132 heavy (non-hydrogen) atoms. The summed E-state index contributed by atoms with van der Waals surface area (Å²) < 4.78 is 23.2. The van der Waals surface area contributed by atoms with Crippen LogP contribution in [0.4, 0.5) is 0 Å². The molecule has 0 aliphatic heterocycles. The van der Waals surface area contributed by atoms with Crippen molar-refractivity contribution in [2.24, 2.45) is 0 Å². The Morgan fingerprint density at radius 2 is 0.583 bits per heavy atom. The van der Waals surface area contributed by atoms with Crippen molar-refractivity contribution in [3.8, 4) is 28.4 Å². The average Bonchev–Trinajstić information content (AvgIpc) is 1.60. The van der Waals surface area contributed by atoms with Gasteiger partial charge in [-0.2, -0.15) is 0 Å². The van der Waals surface area contributed by atoms with Crippen molar-refractivity contribution in [1.29, 1.82) is 0 Å². The predicted molar refractivity (Wildman–Crippen MR) is 554 cm³/mol. The minimum absolute atomic E-state index is 0.920. The van der Waals surface area contributed by atoms with E-state index in [1.165, 1.54) is 133 Å². The Balaban J connectivity index is 0.0000000886. The number of hydrogen-bond donors (Lipinski definition) is 0. The molecule has 0 saturated heterocycles. The van der Waals surface area contributed by atoms with Gasteiger partial charge < -0.3 is 27.3 Å². The summed E-state index contributed by atoms with van der Waals surface area (Å²) in [5, 5.41) is 21.8. The topological polar surface area (TPSA) is 141 Å². The van der Waals surface area contributed by atoms with Crippen LogP contribution < -0.4 is 0 Å². The third-order valence-corrected chi connectivity index (χ3v) is 30.3. The highest BCUT2D eigenvalue weighted by atomic mass is 32.1. The molecule has 17 aromatic carbocycles. The smallest absolute Gasteiger partial charge is 0.145 e. The Morgan fingerprint density at radius 3 is 1.13 bits per heavy atom. The standard InChI is InChI=1S/C34H20N4S.C28H15N3OS.2C26H15N3S/c1-5-13-26-21(9-1)22-10-2-6-14-27(22)37(26)30-18-17-25-31-34(36-20-19-35-31)39-33(25)32(30)38-28-15-7-3-11-23(28)24-12-4-8-16-29(24)38;1-3-7-21-19(6-1)25-22(12-11-18-17-5-2-4-8-23(17)32-27(18)25)31(21)16-9-10-20-24(15-16)33-28-26(20)29-13-14-30-28;1-5-11-22-17(7-1)18-8-2-6-12-23(18)29(22)16-13-14-19-24(15-16)30-26-25(19)27-20-9-3-4-10-21(20)28-26;1-2-10-19-18(9-1)22(15-23-24(19)25-26(30-23)28-14-13-27-25)29-20-11-5-3-7-16(20)17-8-4-6-12-21(17)29/h1-20H;1-15H;2*1-15H. The molecule has 0 saturated carbocycles. The summed E-state index contributed by atoms with van der Waals surface area (Å²) >= 11 is 6.83. The molecule has 31 rings (SSSR count). The van der Waals surface area contributed by atoms with Crippen molar-refractivity contribution in [1.82, 2.24) is 62.7 Å². The van der Waals surface area contributed by atoms with Gasteiger partial charge in [-0.15, -0.1) is 45.3 Å². The predicted octanol–water partition coefficient (Wildman–Crippen LogP) is 31.1. The first-order valence-electron chi connectivity index (χ1n) is 43.7. The number of furan rings is 1. The average molecular weight is 1760 g/mol. The van der Waals surface area contributed by atoms with Crippen molar-refractivity contribution < 1.29 is 4.42 Å². The molecule has 0 unspecified atom stereocenters. The van der Waals surface area contributed by atoms with Gasteiger partial charge in [0.2, 0.25) is 0 Å². The van der Waals surface area contributed by atoms with E-state index in [-0.39, 0.29) is 0 Å². The van der Waals surface area contributed by atoms with Gasteiger partial charge in [0.25, 0.3) is 0 Å². The fourth-order valence-corrected chi connectivity index (χ4v) is 24.9. The van der Waals surface area contributed by atoms with Crippen molar-refractivity contribution in [2.45, 2.75) is 0 Å². The number of aromatic nitrogens is 13. The van der Waals surface area contributed by atoms with E-state index >= 15 is 0 Å². The Morgan fingerprint density at radius 1 is 0.212 bits per heavy atom. The molecule has 0 spiro atoms. The van der Waals surface area contributed by atoms with Gasteiger partial charge in [0.05, 0.1) is 93.3 Å². The molecule has 14 aromatic heterocycles. The Labute approximate surface area is 764 Å². The minimum atomic E-state index is 0.920. The highest BCUT2D eigenvalue weighted by molar-refractivity contribution is 7.26. The summed E-state index contributed by atoms with van der Waals surface area (Å²) in [6, 6.07) is 127. The Hall–Kier alpha value is -16.7. The zero-order valence-electron chi connectivity index (χ0n) is 69.9. The number of benzene rings is 17. The number of hydrogen-bond acceptors (Lipinski definition) is 13. The largest absolute Gasteiger partial charge is 0.455 e. The van der Waals surface area contributed by atoms with Crippen LogP contribution in [0.15, 0.2) is 400 Å². The SMILES string of the molecule is c1ccc2c(c1)c(-n1c3ccccc3c3ccccc31)cc1sc3nccnc3c12.c1ccc2c(c1)c1ccccc1n2-c1ccc2c(sc3nccnc32)c1-n1c2ccccc2c2ccccc21.c1ccc2c(c1)oc1c2ccc2c1c1ccccc1n2-c1ccc2c(c1)sc1nccnc12.c1ccc2nc3c(nc2c1)sc1cc(-n2c4ccccc4c4ccccc42)ccc13. The first kappa shape index (κ1) is 74.4. The van der Waals surface area contributed by atoms with E-state index in [4.69, 9.17) is 24.4 Å². The molecule has 0 aliphatic rings. The Bertz CT molecular complexity index is 10100. The van der Waals surface area contributed by atoms with E-state index in [2.05, 4.69) is 364 Å². The van der Waals surface area contributed by atoms with Gasteiger partial charge in [0, 0.05) is 149 Å². The van der Waals surface area contributed by atoms with Crippen molar-refractivity contribution in [3.63, 3.8) is 0 Å². The van der Waals surface area contributed by atoms with E-state index in [1.54, 1.807) is 82.5 Å². The quantitative estimate of drug-likeness (QED) is 0.165. The lowest BCUT2D eigenvalue weighted by molar-refractivity contribution is 0.673. The molecule has 14 heterocycles. The van der Waals surface area contributed by atoms with Crippen LogP contribution in [0, 0.1) is 0 Å². The highest BCUT2D eigenvalue weighted by Gasteiger charge is 2.27. The molecule has 14 nitrogen and oxygen atoms in total. The fourth-order valence-electron chi connectivity index (χ4n) is 20.6. The van der Waals surface area contributed by atoms with Crippen LogP contribution >= 0.6 is 45.3 Å². The van der Waals surface area contributed by atoms with Gasteiger partial charge >= 0.3 is 0 Å². The monoisotopic (exact) mass is 1760 g/mol. The molecule has 0 bridgehead atoms. The van der Waals surface area contributed by atoms with Crippen LogP contribution in [0.3, 0.4) is 0 Å². The maximum absolute atomic E-state index is 6.41. The van der Waals surface area contributed by atoms with Gasteiger partial charge in [0.1, 0.15) is 52.6 Å². The zero-order chi connectivity index (χ0) is 86.3. The molecule has 616 valence electrons. The summed E-state index contributed by atoms with van der Waals surface area (Å²) in [5.74, 6) is 0. The van der Waals surface area contributed by atoms with Gasteiger partial charge in [-0.25, -0.2) is 24.9 Å². The van der Waals surface area contributed by atoms with Gasteiger partial charge in [0.15, 0.2) is 0 Å². The summed E-state index contributed by atoms with van der Waals surface area (Å²) in [6.45, 7) is 0. The number of thiophene rings is 4. The molecule has 0 aliphatic carbocycles. The van der Waals surface area contributed by atoms with Crippen LogP contribution in [0.5, 0.6) is 0 Å². The summed E-state index contributed by atoms with van der Waals surface area (Å²) in [5.41, 5.74) is 25.4. The molecule has 18 heteroatoms. The van der Waals surface area contributed by atoms with Gasteiger partial charge in [-0.1, -0.05) is 218 Å². The molecular weight excluding hydrogens is 1700 g/mol. The fraction of sp³-hybridized carbons (Fsp3) is 0. The number of fused-ring (bicyclic) bond motifs is 34. The molecule has 0 fully saturated rings. The molecule has 0 amide bonds. The van der Waals surface area contributed by atoms with Crippen LogP contribution in [0.2, 0.25) is 0 Å². The van der Waals surface area contributed by atoms with Crippen molar-refractivity contribution in [3.05, 3.63) is 395 Å². The molecular formula is C114H65N13OS4. The minimum Gasteiger partial charge on any atom is -0.455 e. The first-order valence-corrected chi connectivity index (χ1v) is 47.0. The lowest BCUT2D eigenvalue weighted by atomic mass is 10.0. The second kappa shape index (κ2) is 29.4. The molecule has 0 N–H and O–H groups in total. The normalized spacial score (nSPS) is 12.1. The summed E-state index contributed by atoms with van der Waals surface area (Å²) in [4.78, 5) is 41.4. The van der Waals surface area contributed by atoms with Crippen molar-refractivity contribution >= 4 is 280 Å². The van der Waals surface area contributed by atoms with Crippen LogP contribution in [-0.4, -0.2) is 62.7 Å². The van der Waals surface area contributed by atoms with E-state index in [1.807, 2.05) is 36.4 Å². The highest BCUT2D eigenvalue weighted by Crippen LogP contribution is 2.49. The van der Waals surface area contributed by atoms with E-state index in [0.717, 1.165) is 130 Å². The van der Waals surface area contributed by atoms with Crippen LogP contribution in [-0.2, 0) is 0 Å². The molecule has 0 atom stereocenters. The van der Waals surface area contributed by atoms with Crippen molar-refractivity contribution in [2.75, 3.05) is 0 Å².